The summed E-state index contributed by atoms with van der Waals surface area (Å²) in [6.45, 7) is 1.55. The van der Waals surface area contributed by atoms with Crippen LogP contribution in [-0.2, 0) is 14.3 Å². The highest BCUT2D eigenvalue weighted by Crippen LogP contribution is 2.17. The van der Waals surface area contributed by atoms with Gasteiger partial charge in [-0.05, 0) is 44.0 Å². The SMILES string of the molecule is CC(OC(=O)CCC(=O)c1ccc(Cl)cc1)C(=O)NC1CCCCC1. The third-order valence-corrected chi connectivity index (χ3v) is 4.60. The quantitative estimate of drug-likeness (QED) is 0.591. The van der Waals surface area contributed by atoms with Gasteiger partial charge in [0.25, 0.3) is 5.91 Å². The number of ketones is 1. The Morgan fingerprint density at radius 1 is 1.12 bits per heavy atom. The summed E-state index contributed by atoms with van der Waals surface area (Å²) in [7, 11) is 0. The zero-order chi connectivity index (χ0) is 18.2. The molecule has 1 aromatic rings. The molecule has 0 saturated heterocycles. The summed E-state index contributed by atoms with van der Waals surface area (Å²) in [5.74, 6) is -0.981. The van der Waals surface area contributed by atoms with Crippen LogP contribution in [0.1, 0.15) is 62.2 Å². The Morgan fingerprint density at radius 2 is 1.76 bits per heavy atom. The highest BCUT2D eigenvalue weighted by atomic mass is 35.5. The van der Waals surface area contributed by atoms with E-state index in [2.05, 4.69) is 5.32 Å². The van der Waals surface area contributed by atoms with Crippen molar-refractivity contribution in [1.29, 1.82) is 0 Å². The first-order valence-electron chi connectivity index (χ1n) is 8.74. The molecular weight excluding hydrogens is 342 g/mol. The minimum absolute atomic E-state index is 0.0391. The summed E-state index contributed by atoms with van der Waals surface area (Å²) in [5, 5.41) is 3.47. The van der Waals surface area contributed by atoms with E-state index in [4.69, 9.17) is 16.3 Å². The van der Waals surface area contributed by atoms with E-state index in [9.17, 15) is 14.4 Å². The van der Waals surface area contributed by atoms with Crippen LogP contribution in [0.15, 0.2) is 24.3 Å². The van der Waals surface area contributed by atoms with Gasteiger partial charge in [0.1, 0.15) is 0 Å². The average Bonchev–Trinajstić information content (AvgIpc) is 2.61. The number of benzene rings is 1. The molecule has 1 aromatic carbocycles. The fraction of sp³-hybridized carbons (Fsp3) is 0.526. The largest absolute Gasteiger partial charge is 0.453 e. The summed E-state index contributed by atoms with van der Waals surface area (Å²) < 4.78 is 5.13. The summed E-state index contributed by atoms with van der Waals surface area (Å²) in [6.07, 6.45) is 4.53. The fourth-order valence-corrected chi connectivity index (χ4v) is 3.00. The molecule has 25 heavy (non-hydrogen) atoms. The van der Waals surface area contributed by atoms with Crippen molar-refractivity contribution < 1.29 is 19.1 Å². The highest BCUT2D eigenvalue weighted by molar-refractivity contribution is 6.30. The number of carbonyl (C=O) groups is 3. The molecule has 0 heterocycles. The van der Waals surface area contributed by atoms with E-state index in [0.717, 1.165) is 25.7 Å². The van der Waals surface area contributed by atoms with E-state index in [1.165, 1.54) is 6.42 Å². The predicted molar refractivity (Wildman–Crippen MR) is 95.6 cm³/mol. The van der Waals surface area contributed by atoms with Gasteiger partial charge in [-0.15, -0.1) is 0 Å². The van der Waals surface area contributed by atoms with Crippen LogP contribution >= 0.6 is 11.6 Å². The van der Waals surface area contributed by atoms with Crippen molar-refractivity contribution in [2.24, 2.45) is 0 Å². The van der Waals surface area contributed by atoms with E-state index in [1.54, 1.807) is 31.2 Å². The molecule has 5 nitrogen and oxygen atoms in total. The van der Waals surface area contributed by atoms with Crippen LogP contribution in [0.3, 0.4) is 0 Å². The van der Waals surface area contributed by atoms with Crippen molar-refractivity contribution in [3.63, 3.8) is 0 Å². The van der Waals surface area contributed by atoms with Crippen molar-refractivity contribution >= 4 is 29.3 Å². The summed E-state index contributed by atoms with van der Waals surface area (Å²) in [4.78, 5) is 35.9. The highest BCUT2D eigenvalue weighted by Gasteiger charge is 2.22. The van der Waals surface area contributed by atoms with Crippen LogP contribution in [0.25, 0.3) is 0 Å². The van der Waals surface area contributed by atoms with Crippen LogP contribution < -0.4 is 5.32 Å². The Hall–Kier alpha value is -1.88. The van der Waals surface area contributed by atoms with Gasteiger partial charge in [-0.3, -0.25) is 14.4 Å². The lowest BCUT2D eigenvalue weighted by atomic mass is 9.95. The molecule has 1 atom stereocenters. The lowest BCUT2D eigenvalue weighted by molar-refractivity contribution is -0.155. The zero-order valence-electron chi connectivity index (χ0n) is 14.4. The van der Waals surface area contributed by atoms with Gasteiger partial charge in [0.2, 0.25) is 0 Å². The number of hydrogen-bond donors (Lipinski definition) is 1. The van der Waals surface area contributed by atoms with Crippen LogP contribution in [0.4, 0.5) is 0 Å². The average molecular weight is 366 g/mol. The predicted octanol–water partition coefficient (Wildman–Crippen LogP) is 3.68. The van der Waals surface area contributed by atoms with Crippen LogP contribution in [0.2, 0.25) is 5.02 Å². The van der Waals surface area contributed by atoms with Gasteiger partial charge in [0.15, 0.2) is 11.9 Å². The molecule has 6 heteroatoms. The normalized spacial score (nSPS) is 16.1. The van der Waals surface area contributed by atoms with Gasteiger partial charge in [-0.25, -0.2) is 0 Å². The second-order valence-corrected chi connectivity index (χ2v) is 6.84. The maximum atomic E-state index is 12.1. The smallest absolute Gasteiger partial charge is 0.307 e. The molecule has 0 aliphatic heterocycles. The van der Waals surface area contributed by atoms with Crippen molar-refractivity contribution in [1.82, 2.24) is 5.32 Å². The molecule has 1 N–H and O–H groups in total. The third-order valence-electron chi connectivity index (χ3n) is 4.35. The summed E-state index contributed by atoms with van der Waals surface area (Å²) in [5.41, 5.74) is 0.500. The monoisotopic (exact) mass is 365 g/mol. The molecule has 0 bridgehead atoms. The Morgan fingerprint density at radius 3 is 2.40 bits per heavy atom. The number of amides is 1. The molecule has 136 valence electrons. The third kappa shape index (κ3) is 6.50. The minimum Gasteiger partial charge on any atom is -0.453 e. The maximum absolute atomic E-state index is 12.1. The lowest BCUT2D eigenvalue weighted by Crippen LogP contribution is -2.42. The maximum Gasteiger partial charge on any atom is 0.307 e. The van der Waals surface area contributed by atoms with E-state index in [1.807, 2.05) is 0 Å². The Labute approximate surface area is 153 Å². The molecule has 1 amide bonds. The second-order valence-electron chi connectivity index (χ2n) is 6.41. The first-order chi connectivity index (χ1) is 12.0. The zero-order valence-corrected chi connectivity index (χ0v) is 15.2. The molecule has 1 saturated carbocycles. The fourth-order valence-electron chi connectivity index (χ4n) is 2.87. The lowest BCUT2D eigenvalue weighted by Gasteiger charge is -2.24. The molecule has 1 unspecified atom stereocenters. The van der Waals surface area contributed by atoms with E-state index < -0.39 is 12.1 Å². The number of esters is 1. The van der Waals surface area contributed by atoms with Crippen molar-refractivity contribution in [2.45, 2.75) is 64.0 Å². The second kappa shape index (κ2) is 9.56. The molecular formula is C19H24ClNO4. The van der Waals surface area contributed by atoms with Crippen LogP contribution in [0.5, 0.6) is 0 Å². The molecule has 1 aliphatic carbocycles. The van der Waals surface area contributed by atoms with Crippen molar-refractivity contribution in [3.8, 4) is 0 Å². The molecule has 0 spiro atoms. The summed E-state index contributed by atoms with van der Waals surface area (Å²) >= 11 is 5.78. The van der Waals surface area contributed by atoms with E-state index in [-0.39, 0.29) is 30.6 Å². The molecule has 0 radical (unpaired) electrons. The number of halogens is 1. The Balaban J connectivity index is 1.72. The van der Waals surface area contributed by atoms with E-state index >= 15 is 0 Å². The first kappa shape index (κ1) is 19.4. The van der Waals surface area contributed by atoms with Crippen LogP contribution in [-0.4, -0.2) is 29.8 Å². The van der Waals surface area contributed by atoms with Gasteiger partial charge in [0.05, 0.1) is 6.42 Å². The Kier molecular flexibility index (Phi) is 7.44. The topological polar surface area (TPSA) is 72.5 Å². The first-order valence-corrected chi connectivity index (χ1v) is 9.12. The number of Topliss-reactive ketones (excluding diaryl/α,β-unsaturated/α-hetero) is 1. The van der Waals surface area contributed by atoms with E-state index in [0.29, 0.717) is 10.6 Å². The van der Waals surface area contributed by atoms with Gasteiger partial charge in [-0.2, -0.15) is 0 Å². The standard InChI is InChI=1S/C19H24ClNO4/c1-13(19(24)21-16-5-3-2-4-6-16)25-18(23)12-11-17(22)14-7-9-15(20)10-8-14/h7-10,13,16H,2-6,11-12H2,1H3,(H,21,24). The number of nitrogens with one attached hydrogen (secondary N) is 1. The number of hydrogen-bond acceptors (Lipinski definition) is 4. The number of rotatable bonds is 7. The molecule has 0 aromatic heterocycles. The molecule has 2 rings (SSSR count). The number of carbonyl (C=O) groups excluding carboxylic acids is 3. The van der Waals surface area contributed by atoms with Gasteiger partial charge >= 0.3 is 5.97 Å². The minimum atomic E-state index is -0.847. The summed E-state index contributed by atoms with van der Waals surface area (Å²) in [6, 6.07) is 6.68. The van der Waals surface area contributed by atoms with Gasteiger partial charge in [0, 0.05) is 23.0 Å². The molecule has 1 aliphatic rings. The Bertz CT molecular complexity index is 608. The van der Waals surface area contributed by atoms with Crippen LogP contribution in [0, 0.1) is 0 Å². The van der Waals surface area contributed by atoms with Gasteiger partial charge < -0.3 is 10.1 Å². The van der Waals surface area contributed by atoms with Crippen molar-refractivity contribution in [3.05, 3.63) is 34.9 Å². The van der Waals surface area contributed by atoms with Gasteiger partial charge in [-0.1, -0.05) is 30.9 Å². The number of ether oxygens (including phenoxy) is 1. The molecule has 1 fully saturated rings. The van der Waals surface area contributed by atoms with Crippen molar-refractivity contribution in [2.75, 3.05) is 0 Å².